The minimum atomic E-state index is -1.15. The lowest BCUT2D eigenvalue weighted by Gasteiger charge is -2.39. The Hall–Kier alpha value is -3.46. The summed E-state index contributed by atoms with van der Waals surface area (Å²) in [5.74, 6) is -1.60. The van der Waals surface area contributed by atoms with Crippen molar-refractivity contribution in [1.29, 1.82) is 0 Å². The third kappa shape index (κ3) is 5.45. The number of aliphatic imine (C=N–C) groups is 1. The molecule has 186 valence electrons. The van der Waals surface area contributed by atoms with Gasteiger partial charge in [0.2, 0.25) is 11.9 Å². The number of nitrogens with zero attached hydrogens (tertiary/aromatic N) is 3. The number of anilines is 1. The molecule has 0 aliphatic carbocycles. The molecule has 0 unspecified atom stereocenters. The van der Waals surface area contributed by atoms with Crippen LogP contribution in [0, 0.1) is 5.92 Å². The normalized spacial score (nSPS) is 20.2. The van der Waals surface area contributed by atoms with E-state index in [1.807, 2.05) is 29.2 Å². The maximum atomic E-state index is 13.1. The van der Waals surface area contributed by atoms with Crippen molar-refractivity contribution in [3.63, 3.8) is 0 Å². The Labute approximate surface area is 209 Å². The summed E-state index contributed by atoms with van der Waals surface area (Å²) in [7, 11) is 0. The molecule has 0 radical (unpaired) electrons. The van der Waals surface area contributed by atoms with Crippen molar-refractivity contribution in [2.75, 3.05) is 44.3 Å². The van der Waals surface area contributed by atoms with Crippen molar-refractivity contribution in [2.24, 2.45) is 10.9 Å². The Balaban J connectivity index is 1.60. The quantitative estimate of drug-likeness (QED) is 0.464. The molecule has 9 nitrogen and oxygen atoms in total. The van der Waals surface area contributed by atoms with Crippen LogP contribution in [0.2, 0.25) is 5.02 Å². The Morgan fingerprint density at radius 1 is 1.11 bits per heavy atom. The second-order valence-electron chi connectivity index (χ2n) is 8.23. The minimum absolute atomic E-state index is 0.0233. The van der Waals surface area contributed by atoms with E-state index >= 15 is 0 Å². The first-order valence-electron chi connectivity index (χ1n) is 11.7. The van der Waals surface area contributed by atoms with Gasteiger partial charge in [-0.2, -0.15) is 0 Å². The van der Waals surface area contributed by atoms with E-state index < -0.39 is 23.8 Å². The molecule has 0 spiro atoms. The molecule has 2 aromatic carbocycles. The number of hydrogen-bond donors (Lipinski definition) is 2. The molecule has 1 saturated heterocycles. The molecule has 0 bridgehead atoms. The number of carbonyl (C=O) groups excluding carboxylic acids is 2. The summed E-state index contributed by atoms with van der Waals surface area (Å²) in [4.78, 5) is 34.8. The number of phenolic OH excluding ortho intramolecular Hbond substituents is 1. The number of halogens is 1. The number of rotatable bonds is 6. The van der Waals surface area contributed by atoms with E-state index in [4.69, 9.17) is 26.1 Å². The Bertz CT molecular complexity index is 1120. The number of esters is 1. The van der Waals surface area contributed by atoms with E-state index in [0.717, 1.165) is 18.8 Å². The van der Waals surface area contributed by atoms with Crippen LogP contribution in [0.1, 0.15) is 25.5 Å². The Morgan fingerprint density at radius 2 is 1.86 bits per heavy atom. The molecule has 2 aliphatic heterocycles. The van der Waals surface area contributed by atoms with E-state index in [2.05, 4.69) is 10.2 Å². The van der Waals surface area contributed by atoms with Crippen molar-refractivity contribution in [3.8, 4) is 11.5 Å². The molecule has 1 fully saturated rings. The van der Waals surface area contributed by atoms with Crippen molar-refractivity contribution in [1.82, 2.24) is 10.2 Å². The van der Waals surface area contributed by atoms with E-state index in [9.17, 15) is 14.7 Å². The Kier molecular flexibility index (Phi) is 7.65. The molecule has 2 atom stereocenters. The van der Waals surface area contributed by atoms with Crippen LogP contribution >= 0.6 is 11.6 Å². The standard InChI is InChI=1S/C25H29ClN4O5/c1-3-34-20-14-16(8-9-19(20)31)22-21(24(33)35-4-2)23(32)28-25(27-22)30-12-10-29(11-13-30)18-7-5-6-17(26)15-18/h5-9,14-15,21-22,31H,3-4,10-13H2,1-2H3,(H,27,28,32)/t21-,22+/m0/s1. The van der Waals surface area contributed by atoms with Crippen molar-refractivity contribution in [3.05, 3.63) is 53.1 Å². The van der Waals surface area contributed by atoms with E-state index in [0.29, 0.717) is 36.2 Å². The third-order valence-corrected chi connectivity index (χ3v) is 6.25. The second kappa shape index (κ2) is 10.9. The summed E-state index contributed by atoms with van der Waals surface area (Å²) >= 11 is 6.14. The maximum absolute atomic E-state index is 13.1. The zero-order chi connectivity index (χ0) is 24.9. The number of benzene rings is 2. The van der Waals surface area contributed by atoms with Crippen LogP contribution in [0.15, 0.2) is 47.5 Å². The van der Waals surface area contributed by atoms with Crippen LogP contribution in [-0.4, -0.2) is 67.2 Å². The number of amides is 1. The highest BCUT2D eigenvalue weighted by atomic mass is 35.5. The number of piperazine rings is 1. The molecular formula is C25H29ClN4O5. The van der Waals surface area contributed by atoms with Gasteiger partial charge in [0.25, 0.3) is 0 Å². The predicted octanol–water partition coefficient (Wildman–Crippen LogP) is 2.97. The maximum Gasteiger partial charge on any atom is 0.321 e. The van der Waals surface area contributed by atoms with Gasteiger partial charge in [0, 0.05) is 36.9 Å². The topological polar surface area (TPSA) is 104 Å². The van der Waals surface area contributed by atoms with Gasteiger partial charge in [-0.15, -0.1) is 0 Å². The van der Waals surface area contributed by atoms with Gasteiger partial charge >= 0.3 is 5.97 Å². The fourth-order valence-electron chi connectivity index (χ4n) is 4.30. The number of aromatic hydroxyl groups is 1. The van der Waals surface area contributed by atoms with Gasteiger partial charge in [-0.1, -0.05) is 23.7 Å². The molecule has 2 aliphatic rings. The van der Waals surface area contributed by atoms with Crippen molar-refractivity contribution in [2.45, 2.75) is 19.9 Å². The number of nitrogens with one attached hydrogen (secondary N) is 1. The zero-order valence-electron chi connectivity index (χ0n) is 19.7. The number of phenols is 1. The van der Waals surface area contributed by atoms with Gasteiger partial charge in [-0.05, 0) is 49.7 Å². The summed E-state index contributed by atoms with van der Waals surface area (Å²) in [6.45, 7) is 6.69. The first-order chi connectivity index (χ1) is 16.9. The number of hydrogen-bond acceptors (Lipinski definition) is 8. The van der Waals surface area contributed by atoms with Crippen LogP contribution < -0.4 is 15.0 Å². The molecule has 4 rings (SSSR count). The summed E-state index contributed by atoms with van der Waals surface area (Å²) in [5, 5.41) is 13.6. The van der Waals surface area contributed by atoms with Crippen molar-refractivity contribution < 1.29 is 24.2 Å². The highest BCUT2D eigenvalue weighted by Crippen LogP contribution is 2.36. The average Bonchev–Trinajstić information content (AvgIpc) is 2.85. The largest absolute Gasteiger partial charge is 0.504 e. The van der Waals surface area contributed by atoms with Crippen molar-refractivity contribution >= 4 is 35.1 Å². The number of ether oxygens (including phenoxy) is 2. The van der Waals surface area contributed by atoms with Gasteiger partial charge in [-0.25, -0.2) is 4.99 Å². The molecule has 0 saturated carbocycles. The molecule has 2 heterocycles. The van der Waals surface area contributed by atoms with Crippen LogP contribution in [0.3, 0.4) is 0 Å². The highest BCUT2D eigenvalue weighted by molar-refractivity contribution is 6.30. The van der Waals surface area contributed by atoms with Crippen LogP contribution in [0.4, 0.5) is 5.69 Å². The van der Waals surface area contributed by atoms with E-state index in [1.165, 1.54) is 6.07 Å². The SMILES string of the molecule is CCOC(=O)[C@@H]1C(=O)NC(N2CCN(c3cccc(Cl)c3)CC2)=N[C@@H]1c1ccc(O)c(OCC)c1. The zero-order valence-corrected chi connectivity index (χ0v) is 20.5. The molecular weight excluding hydrogens is 472 g/mol. The monoisotopic (exact) mass is 500 g/mol. The first kappa shape index (κ1) is 24.7. The molecule has 2 N–H and O–H groups in total. The molecule has 35 heavy (non-hydrogen) atoms. The fraction of sp³-hybridized carbons (Fsp3) is 0.400. The number of guanidine groups is 1. The van der Waals surface area contributed by atoms with Gasteiger partial charge in [0.15, 0.2) is 17.4 Å². The van der Waals surface area contributed by atoms with E-state index in [-0.39, 0.29) is 18.1 Å². The summed E-state index contributed by atoms with van der Waals surface area (Å²) in [6, 6.07) is 11.6. The lowest BCUT2D eigenvalue weighted by atomic mass is 9.91. The lowest BCUT2D eigenvalue weighted by Crippen LogP contribution is -2.57. The fourth-order valence-corrected chi connectivity index (χ4v) is 4.49. The summed E-state index contributed by atoms with van der Waals surface area (Å²) in [6.07, 6.45) is 0. The molecule has 1 amide bonds. The first-order valence-corrected chi connectivity index (χ1v) is 12.1. The lowest BCUT2D eigenvalue weighted by molar-refractivity contribution is -0.153. The average molecular weight is 501 g/mol. The second-order valence-corrected chi connectivity index (χ2v) is 8.67. The van der Waals surface area contributed by atoms with Crippen LogP contribution in [0.25, 0.3) is 0 Å². The van der Waals surface area contributed by atoms with E-state index in [1.54, 1.807) is 26.0 Å². The van der Waals surface area contributed by atoms with Crippen LogP contribution in [0.5, 0.6) is 11.5 Å². The van der Waals surface area contributed by atoms with Gasteiger partial charge < -0.3 is 24.4 Å². The van der Waals surface area contributed by atoms with Gasteiger partial charge in [-0.3, -0.25) is 14.9 Å². The third-order valence-electron chi connectivity index (χ3n) is 6.01. The minimum Gasteiger partial charge on any atom is -0.504 e. The van der Waals surface area contributed by atoms with Crippen LogP contribution in [-0.2, 0) is 14.3 Å². The molecule has 0 aromatic heterocycles. The van der Waals surface area contributed by atoms with Gasteiger partial charge in [0.1, 0.15) is 6.04 Å². The smallest absolute Gasteiger partial charge is 0.321 e. The summed E-state index contributed by atoms with van der Waals surface area (Å²) in [5.41, 5.74) is 1.62. The number of carbonyl (C=O) groups is 2. The highest BCUT2D eigenvalue weighted by Gasteiger charge is 2.42. The Morgan fingerprint density at radius 3 is 2.54 bits per heavy atom. The predicted molar refractivity (Wildman–Crippen MR) is 133 cm³/mol. The summed E-state index contributed by atoms with van der Waals surface area (Å²) < 4.78 is 10.7. The molecule has 2 aromatic rings. The van der Waals surface area contributed by atoms with Gasteiger partial charge in [0.05, 0.1) is 13.2 Å². The molecule has 10 heteroatoms.